The van der Waals surface area contributed by atoms with Crippen molar-refractivity contribution >= 4 is 0 Å². The van der Waals surface area contributed by atoms with Crippen molar-refractivity contribution in [1.29, 1.82) is 0 Å². The van der Waals surface area contributed by atoms with Gasteiger partial charge < -0.3 is 9.84 Å². The Morgan fingerprint density at radius 2 is 2.05 bits per heavy atom. The molecule has 2 rings (SSSR count). The van der Waals surface area contributed by atoms with Crippen LogP contribution in [-0.2, 0) is 11.3 Å². The zero-order valence-corrected chi connectivity index (χ0v) is 13.6. The number of hydrogen-bond donors (Lipinski definition) is 1. The molecule has 3 nitrogen and oxygen atoms in total. The summed E-state index contributed by atoms with van der Waals surface area (Å²) < 4.78 is 5.55. The number of aliphatic hydroxyl groups is 1. The van der Waals surface area contributed by atoms with Gasteiger partial charge in [0.1, 0.15) is 0 Å². The molecule has 1 fully saturated rings. The van der Waals surface area contributed by atoms with Crippen molar-refractivity contribution < 1.29 is 9.84 Å². The molecule has 1 saturated carbocycles. The summed E-state index contributed by atoms with van der Waals surface area (Å²) in [4.78, 5) is 2.40. The van der Waals surface area contributed by atoms with E-state index in [0.717, 1.165) is 13.2 Å². The van der Waals surface area contributed by atoms with Crippen LogP contribution in [0.5, 0.6) is 0 Å². The molecule has 1 aliphatic rings. The number of benzene rings is 1. The third-order valence-corrected chi connectivity index (χ3v) is 3.74. The molecular weight excluding hydrogens is 262 g/mol. The Balaban J connectivity index is 1.82. The fourth-order valence-corrected chi connectivity index (χ4v) is 2.59. The van der Waals surface area contributed by atoms with Crippen molar-refractivity contribution in [1.82, 2.24) is 4.90 Å². The van der Waals surface area contributed by atoms with E-state index < -0.39 is 6.10 Å². The van der Waals surface area contributed by atoms with Gasteiger partial charge >= 0.3 is 0 Å². The number of ether oxygens (including phenoxy) is 1. The Morgan fingerprint density at radius 3 is 2.67 bits per heavy atom. The molecule has 1 aromatic rings. The molecule has 21 heavy (non-hydrogen) atoms. The summed E-state index contributed by atoms with van der Waals surface area (Å²) in [6.45, 7) is 9.17. The van der Waals surface area contributed by atoms with Crippen molar-refractivity contribution in [3.8, 4) is 0 Å². The molecular formula is C18H29NO2. The fourth-order valence-electron chi connectivity index (χ4n) is 2.59. The SMILES string of the molecule is Cc1cccc(CN(CC(O)COCC(C)C)C2CC2)c1. The van der Waals surface area contributed by atoms with Gasteiger partial charge in [-0.05, 0) is 31.2 Å². The molecule has 3 heteroatoms. The highest BCUT2D eigenvalue weighted by molar-refractivity contribution is 5.22. The lowest BCUT2D eigenvalue weighted by atomic mass is 10.1. The van der Waals surface area contributed by atoms with Crippen LogP contribution in [0, 0.1) is 12.8 Å². The van der Waals surface area contributed by atoms with E-state index in [2.05, 4.69) is 49.9 Å². The summed E-state index contributed by atoms with van der Waals surface area (Å²) in [5.74, 6) is 0.518. The minimum absolute atomic E-state index is 0.394. The second-order valence-electron chi connectivity index (χ2n) is 6.73. The lowest BCUT2D eigenvalue weighted by Gasteiger charge is -2.25. The molecule has 0 heterocycles. The van der Waals surface area contributed by atoms with Gasteiger partial charge in [0.2, 0.25) is 0 Å². The average Bonchev–Trinajstić information content (AvgIpc) is 3.21. The van der Waals surface area contributed by atoms with Gasteiger partial charge in [0.05, 0.1) is 12.7 Å². The maximum atomic E-state index is 10.2. The van der Waals surface area contributed by atoms with Gasteiger partial charge in [0.25, 0.3) is 0 Å². The fraction of sp³-hybridized carbons (Fsp3) is 0.667. The van der Waals surface area contributed by atoms with Crippen LogP contribution in [0.4, 0.5) is 0 Å². The van der Waals surface area contributed by atoms with Crippen molar-refractivity contribution in [2.24, 2.45) is 5.92 Å². The van der Waals surface area contributed by atoms with Crippen LogP contribution in [0.2, 0.25) is 0 Å². The summed E-state index contributed by atoms with van der Waals surface area (Å²) in [6, 6.07) is 9.28. The first-order chi connectivity index (χ1) is 10.0. The Hall–Kier alpha value is -0.900. The van der Waals surface area contributed by atoms with Crippen LogP contribution in [0.1, 0.15) is 37.8 Å². The third kappa shape index (κ3) is 6.16. The smallest absolute Gasteiger partial charge is 0.0900 e. The normalized spacial score (nSPS) is 16.7. The molecule has 0 radical (unpaired) electrons. The number of rotatable bonds is 9. The van der Waals surface area contributed by atoms with Crippen LogP contribution in [-0.4, -0.2) is 41.9 Å². The molecule has 0 aliphatic heterocycles. The first kappa shape index (κ1) is 16.5. The summed E-state index contributed by atoms with van der Waals surface area (Å²) in [6.07, 6.45) is 2.12. The number of aliphatic hydroxyl groups excluding tert-OH is 1. The predicted molar refractivity (Wildman–Crippen MR) is 86.3 cm³/mol. The molecule has 0 bridgehead atoms. The zero-order valence-electron chi connectivity index (χ0n) is 13.6. The van der Waals surface area contributed by atoms with Gasteiger partial charge in [-0.15, -0.1) is 0 Å². The van der Waals surface area contributed by atoms with Gasteiger partial charge in [-0.3, -0.25) is 4.90 Å². The van der Waals surface area contributed by atoms with Crippen LogP contribution < -0.4 is 0 Å². The van der Waals surface area contributed by atoms with E-state index in [1.165, 1.54) is 24.0 Å². The molecule has 1 atom stereocenters. The standard InChI is InChI=1S/C18H29NO2/c1-14(2)12-21-13-18(20)11-19(17-7-8-17)10-16-6-4-5-15(3)9-16/h4-6,9,14,17-18,20H,7-8,10-13H2,1-3H3. The highest BCUT2D eigenvalue weighted by Gasteiger charge is 2.30. The van der Waals surface area contributed by atoms with E-state index in [-0.39, 0.29) is 0 Å². The van der Waals surface area contributed by atoms with Crippen LogP contribution >= 0.6 is 0 Å². The van der Waals surface area contributed by atoms with Crippen LogP contribution in [0.25, 0.3) is 0 Å². The summed E-state index contributed by atoms with van der Waals surface area (Å²) in [5.41, 5.74) is 2.63. The van der Waals surface area contributed by atoms with Crippen molar-refractivity contribution in [3.05, 3.63) is 35.4 Å². The highest BCUT2D eigenvalue weighted by atomic mass is 16.5. The molecule has 0 saturated heterocycles. The summed E-state index contributed by atoms with van der Waals surface area (Å²) in [7, 11) is 0. The second-order valence-corrected chi connectivity index (χ2v) is 6.73. The minimum atomic E-state index is -0.394. The molecule has 1 aromatic carbocycles. The molecule has 118 valence electrons. The van der Waals surface area contributed by atoms with E-state index in [9.17, 15) is 5.11 Å². The van der Waals surface area contributed by atoms with Gasteiger partial charge in [0, 0.05) is 25.7 Å². The first-order valence-electron chi connectivity index (χ1n) is 8.10. The third-order valence-electron chi connectivity index (χ3n) is 3.74. The van der Waals surface area contributed by atoms with E-state index in [4.69, 9.17) is 4.74 Å². The van der Waals surface area contributed by atoms with Crippen molar-refractivity contribution in [3.63, 3.8) is 0 Å². The Kier molecular flexibility index (Phi) is 6.22. The Morgan fingerprint density at radius 1 is 1.29 bits per heavy atom. The zero-order chi connectivity index (χ0) is 15.2. The Bertz CT molecular complexity index is 429. The average molecular weight is 291 g/mol. The van der Waals surface area contributed by atoms with Gasteiger partial charge in [-0.1, -0.05) is 43.7 Å². The van der Waals surface area contributed by atoms with Crippen LogP contribution in [0.3, 0.4) is 0 Å². The highest BCUT2D eigenvalue weighted by Crippen LogP contribution is 2.28. The molecule has 0 aromatic heterocycles. The van der Waals surface area contributed by atoms with E-state index in [1.54, 1.807) is 0 Å². The lowest BCUT2D eigenvalue weighted by molar-refractivity contribution is 0.00547. The van der Waals surface area contributed by atoms with E-state index >= 15 is 0 Å². The van der Waals surface area contributed by atoms with E-state index in [0.29, 0.717) is 25.1 Å². The second kappa shape index (κ2) is 7.92. The topological polar surface area (TPSA) is 32.7 Å². The predicted octanol–water partition coefficient (Wildman–Crippen LogP) is 2.99. The lowest BCUT2D eigenvalue weighted by Crippen LogP contribution is -2.36. The monoisotopic (exact) mass is 291 g/mol. The van der Waals surface area contributed by atoms with Gasteiger partial charge in [-0.2, -0.15) is 0 Å². The minimum Gasteiger partial charge on any atom is -0.389 e. The summed E-state index contributed by atoms with van der Waals surface area (Å²) >= 11 is 0. The van der Waals surface area contributed by atoms with Gasteiger partial charge in [-0.25, -0.2) is 0 Å². The maximum absolute atomic E-state index is 10.2. The molecule has 0 amide bonds. The maximum Gasteiger partial charge on any atom is 0.0900 e. The van der Waals surface area contributed by atoms with E-state index in [1.807, 2.05) is 0 Å². The molecule has 0 spiro atoms. The molecule has 1 unspecified atom stereocenters. The molecule has 1 N–H and O–H groups in total. The molecule has 1 aliphatic carbocycles. The summed E-state index contributed by atoms with van der Waals surface area (Å²) in [5, 5.41) is 10.2. The number of hydrogen-bond acceptors (Lipinski definition) is 3. The quantitative estimate of drug-likeness (QED) is 0.759. The number of nitrogens with zero attached hydrogens (tertiary/aromatic N) is 1. The van der Waals surface area contributed by atoms with Crippen molar-refractivity contribution in [2.45, 2.75) is 52.3 Å². The first-order valence-corrected chi connectivity index (χ1v) is 8.10. The van der Waals surface area contributed by atoms with Crippen molar-refractivity contribution in [2.75, 3.05) is 19.8 Å². The van der Waals surface area contributed by atoms with Gasteiger partial charge in [0.15, 0.2) is 0 Å². The largest absolute Gasteiger partial charge is 0.389 e. The van der Waals surface area contributed by atoms with Crippen LogP contribution in [0.15, 0.2) is 24.3 Å². The Labute approximate surface area is 128 Å². The number of aryl methyl sites for hydroxylation is 1.